The number of alkyl halides is 6. The van der Waals surface area contributed by atoms with E-state index >= 15 is 0 Å². The van der Waals surface area contributed by atoms with Gasteiger partial charge < -0.3 is 0 Å². The molecule has 0 aromatic carbocycles. The Hall–Kier alpha value is -1.74. The molecule has 2 rings (SSSR count). The summed E-state index contributed by atoms with van der Waals surface area (Å²) in [6, 6.07) is 0.850. The van der Waals surface area contributed by atoms with Gasteiger partial charge in [0, 0.05) is 12.4 Å². The highest BCUT2D eigenvalue weighted by Crippen LogP contribution is 2.33. The van der Waals surface area contributed by atoms with Crippen molar-refractivity contribution in [2.24, 2.45) is 0 Å². The second-order valence-electron chi connectivity index (χ2n) is 4.28. The summed E-state index contributed by atoms with van der Waals surface area (Å²) in [6.45, 7) is 0. The normalized spacial score (nSPS) is 12.5. The van der Waals surface area contributed by atoms with Gasteiger partial charge in [0.1, 0.15) is 5.02 Å². The molecule has 0 aliphatic rings. The van der Waals surface area contributed by atoms with E-state index in [1.54, 1.807) is 0 Å². The fourth-order valence-electron chi connectivity index (χ4n) is 1.62. The maximum atomic E-state index is 12.7. The topological polar surface area (TPSA) is 34.9 Å². The Kier molecular flexibility index (Phi) is 4.38. The van der Waals surface area contributed by atoms with E-state index < -0.39 is 44.9 Å². The minimum Gasteiger partial charge on any atom is -0.267 e. The Balaban J connectivity index is 2.68. The lowest BCUT2D eigenvalue weighted by Gasteiger charge is -2.13. The van der Waals surface area contributed by atoms with Crippen molar-refractivity contribution in [2.75, 3.05) is 0 Å². The summed E-state index contributed by atoms with van der Waals surface area (Å²) in [6.07, 6.45) is -8.86. The number of rotatable bonds is 1. The highest BCUT2D eigenvalue weighted by atomic mass is 35.5. The number of hydrogen-bond acceptors (Lipinski definition) is 2. The van der Waals surface area contributed by atoms with Gasteiger partial charge >= 0.3 is 12.4 Å². The molecule has 0 unspecified atom stereocenters. The Morgan fingerprint density at radius 2 is 1.43 bits per heavy atom. The molecule has 0 atom stereocenters. The molecule has 0 radical (unpaired) electrons. The van der Waals surface area contributed by atoms with Crippen LogP contribution in [0.3, 0.4) is 0 Å². The van der Waals surface area contributed by atoms with Gasteiger partial charge in [-0.1, -0.05) is 23.2 Å². The molecule has 0 saturated carbocycles. The van der Waals surface area contributed by atoms with Crippen LogP contribution in [0, 0.1) is 0 Å². The fraction of sp³-hybridized carbons (Fsp3) is 0.167. The van der Waals surface area contributed by atoms with Crippen LogP contribution in [-0.2, 0) is 12.4 Å². The van der Waals surface area contributed by atoms with E-state index in [0.29, 0.717) is 29.1 Å². The third kappa shape index (κ3) is 3.61. The number of halogens is 8. The van der Waals surface area contributed by atoms with Gasteiger partial charge in [0.15, 0.2) is 5.82 Å². The van der Waals surface area contributed by atoms with Gasteiger partial charge in [-0.15, -0.1) is 0 Å². The van der Waals surface area contributed by atoms with Crippen LogP contribution in [0.5, 0.6) is 0 Å². The molecule has 0 spiro atoms. The summed E-state index contributed by atoms with van der Waals surface area (Å²) in [5.41, 5.74) is -3.59. The molecule has 0 N–H and O–H groups in total. The van der Waals surface area contributed by atoms with Crippen molar-refractivity contribution < 1.29 is 26.3 Å². The maximum Gasteiger partial charge on any atom is 0.417 e. The monoisotopic (exact) mass is 376 g/mol. The predicted molar refractivity (Wildman–Crippen MR) is 69.9 cm³/mol. The SMILES string of the molecule is O=c1c(Cl)cc(C(F)(F)F)cn1-c1ncc(C(F)(F)F)cc1Cl. The number of pyridine rings is 2. The molecule has 11 heteroatoms. The van der Waals surface area contributed by atoms with E-state index in [-0.39, 0.29) is 0 Å². The zero-order chi connectivity index (χ0) is 17.6. The lowest BCUT2D eigenvalue weighted by molar-refractivity contribution is -0.138. The highest BCUT2D eigenvalue weighted by Gasteiger charge is 2.34. The fourth-order valence-corrected chi connectivity index (χ4v) is 2.09. The van der Waals surface area contributed by atoms with Gasteiger partial charge in [-0.25, -0.2) is 4.98 Å². The second kappa shape index (κ2) is 5.72. The van der Waals surface area contributed by atoms with Crippen LogP contribution < -0.4 is 5.56 Å². The molecule has 2 heterocycles. The van der Waals surface area contributed by atoms with Crippen LogP contribution in [0.2, 0.25) is 10.0 Å². The highest BCUT2D eigenvalue weighted by molar-refractivity contribution is 6.32. The second-order valence-corrected chi connectivity index (χ2v) is 5.09. The van der Waals surface area contributed by atoms with Crippen LogP contribution in [0.25, 0.3) is 5.82 Å². The summed E-state index contributed by atoms with van der Waals surface area (Å²) < 4.78 is 76.1. The van der Waals surface area contributed by atoms with E-state index in [4.69, 9.17) is 23.2 Å². The predicted octanol–water partition coefficient (Wildman–Crippen LogP) is 4.58. The molecule has 23 heavy (non-hydrogen) atoms. The minimum absolute atomic E-state index is 0.341. The van der Waals surface area contributed by atoms with Gasteiger partial charge in [-0.05, 0) is 12.1 Å². The van der Waals surface area contributed by atoms with Crippen LogP contribution in [0.1, 0.15) is 11.1 Å². The molecular weight excluding hydrogens is 373 g/mol. The van der Waals surface area contributed by atoms with Gasteiger partial charge in [0.2, 0.25) is 0 Å². The standard InChI is InChI=1S/C12H4Cl2F6N2O/c13-7-1-5(11(15,16)17)3-21-9(7)22-4-6(12(18,19)20)2-8(14)10(22)23/h1-4H. The number of aromatic nitrogens is 2. The molecule has 2 aromatic heterocycles. The molecule has 0 saturated heterocycles. The summed E-state index contributed by atoms with van der Waals surface area (Å²) in [4.78, 5) is 15.2. The Morgan fingerprint density at radius 3 is 1.91 bits per heavy atom. The van der Waals surface area contributed by atoms with Crippen LogP contribution in [0.15, 0.2) is 29.3 Å². The quantitative estimate of drug-likeness (QED) is 0.683. The third-order valence-corrected chi connectivity index (χ3v) is 3.23. The smallest absolute Gasteiger partial charge is 0.267 e. The molecule has 2 aromatic rings. The first-order valence-electron chi connectivity index (χ1n) is 5.64. The maximum absolute atomic E-state index is 12.7. The Bertz CT molecular complexity index is 813. The van der Waals surface area contributed by atoms with E-state index in [1.165, 1.54) is 0 Å². The van der Waals surface area contributed by atoms with Crippen molar-refractivity contribution in [1.29, 1.82) is 0 Å². The average molecular weight is 377 g/mol. The molecule has 0 aliphatic heterocycles. The van der Waals surface area contributed by atoms with Crippen molar-refractivity contribution in [1.82, 2.24) is 9.55 Å². The van der Waals surface area contributed by atoms with Crippen LogP contribution in [-0.4, -0.2) is 9.55 Å². The Labute approximate surface area is 134 Å². The van der Waals surface area contributed by atoms with E-state index in [1.807, 2.05) is 0 Å². The summed E-state index contributed by atoms with van der Waals surface area (Å²) in [5, 5.41) is -1.44. The summed E-state index contributed by atoms with van der Waals surface area (Å²) in [7, 11) is 0. The lowest BCUT2D eigenvalue weighted by atomic mass is 10.2. The Morgan fingerprint density at radius 1 is 0.913 bits per heavy atom. The van der Waals surface area contributed by atoms with Crippen LogP contribution in [0.4, 0.5) is 26.3 Å². The molecule has 0 aliphatic carbocycles. The molecule has 0 amide bonds. The lowest BCUT2D eigenvalue weighted by Crippen LogP contribution is -2.23. The van der Waals surface area contributed by atoms with E-state index in [2.05, 4.69) is 4.98 Å². The third-order valence-electron chi connectivity index (χ3n) is 2.68. The minimum atomic E-state index is -4.82. The van der Waals surface area contributed by atoms with Gasteiger partial charge in [0.05, 0.1) is 16.1 Å². The van der Waals surface area contributed by atoms with E-state index in [0.717, 1.165) is 0 Å². The van der Waals surface area contributed by atoms with Gasteiger partial charge in [-0.2, -0.15) is 26.3 Å². The van der Waals surface area contributed by atoms with Crippen molar-refractivity contribution in [2.45, 2.75) is 12.4 Å². The summed E-state index contributed by atoms with van der Waals surface area (Å²) >= 11 is 11.1. The zero-order valence-electron chi connectivity index (χ0n) is 10.6. The molecule has 3 nitrogen and oxygen atoms in total. The molecule has 0 bridgehead atoms. The molecule has 0 fully saturated rings. The van der Waals surface area contributed by atoms with Crippen molar-refractivity contribution in [3.63, 3.8) is 0 Å². The average Bonchev–Trinajstić information content (AvgIpc) is 2.39. The first-order valence-corrected chi connectivity index (χ1v) is 6.39. The molecular formula is C12H4Cl2F6N2O. The summed E-state index contributed by atoms with van der Waals surface area (Å²) in [5.74, 6) is -0.599. The van der Waals surface area contributed by atoms with E-state index in [9.17, 15) is 31.1 Å². The van der Waals surface area contributed by atoms with Crippen molar-refractivity contribution in [3.05, 3.63) is 56.1 Å². The van der Waals surface area contributed by atoms with Crippen molar-refractivity contribution in [3.8, 4) is 5.82 Å². The van der Waals surface area contributed by atoms with Crippen molar-refractivity contribution >= 4 is 23.2 Å². The van der Waals surface area contributed by atoms with Gasteiger partial charge in [-0.3, -0.25) is 9.36 Å². The van der Waals surface area contributed by atoms with Crippen LogP contribution >= 0.6 is 23.2 Å². The van der Waals surface area contributed by atoms with Gasteiger partial charge in [0.25, 0.3) is 5.56 Å². The molecule has 124 valence electrons. The zero-order valence-corrected chi connectivity index (χ0v) is 12.1. The first kappa shape index (κ1) is 17.6. The largest absolute Gasteiger partial charge is 0.417 e. The number of nitrogens with zero attached hydrogens (tertiary/aromatic N) is 2. The first-order chi connectivity index (χ1) is 10.4. The number of hydrogen-bond donors (Lipinski definition) is 0.